The van der Waals surface area contributed by atoms with Gasteiger partial charge in [0.25, 0.3) is 0 Å². The van der Waals surface area contributed by atoms with Crippen LogP contribution in [0, 0.1) is 0 Å². The standard InChI is InChI=1S/C15H23ClN2/c1-12(13-4-6-14(16)7-5-13)18-10-8-15(2,17-3)9-11-18/h4-7,12,17H,8-11H2,1-3H3. The number of nitrogens with one attached hydrogen (secondary N) is 1. The van der Waals surface area contributed by atoms with Crippen LogP contribution in [-0.2, 0) is 0 Å². The van der Waals surface area contributed by atoms with Crippen molar-refractivity contribution in [2.24, 2.45) is 0 Å². The van der Waals surface area contributed by atoms with Crippen LogP contribution < -0.4 is 5.32 Å². The van der Waals surface area contributed by atoms with Crippen LogP contribution in [0.1, 0.15) is 38.3 Å². The van der Waals surface area contributed by atoms with Gasteiger partial charge in [-0.15, -0.1) is 0 Å². The lowest BCUT2D eigenvalue weighted by atomic mass is 9.88. The van der Waals surface area contributed by atoms with Crippen LogP contribution in [0.15, 0.2) is 24.3 Å². The van der Waals surface area contributed by atoms with E-state index in [2.05, 4.69) is 43.2 Å². The van der Waals surface area contributed by atoms with Crippen molar-refractivity contribution in [2.75, 3.05) is 20.1 Å². The molecule has 0 aliphatic carbocycles. The molecule has 1 N–H and O–H groups in total. The van der Waals surface area contributed by atoms with Crippen LogP contribution in [0.2, 0.25) is 5.02 Å². The maximum Gasteiger partial charge on any atom is 0.0406 e. The summed E-state index contributed by atoms with van der Waals surface area (Å²) in [6.07, 6.45) is 2.42. The molecular weight excluding hydrogens is 244 g/mol. The largest absolute Gasteiger partial charge is 0.314 e. The van der Waals surface area contributed by atoms with E-state index in [1.807, 2.05) is 12.1 Å². The smallest absolute Gasteiger partial charge is 0.0406 e. The van der Waals surface area contributed by atoms with Crippen LogP contribution in [0.3, 0.4) is 0 Å². The Labute approximate surface area is 115 Å². The molecule has 0 bridgehead atoms. The first kappa shape index (κ1) is 13.9. The molecular formula is C15H23ClN2. The molecule has 1 unspecified atom stereocenters. The van der Waals surface area contributed by atoms with E-state index in [1.165, 1.54) is 18.4 Å². The number of nitrogens with zero attached hydrogens (tertiary/aromatic N) is 1. The highest BCUT2D eigenvalue weighted by Crippen LogP contribution is 2.28. The molecule has 1 aliphatic rings. The lowest BCUT2D eigenvalue weighted by molar-refractivity contribution is 0.117. The summed E-state index contributed by atoms with van der Waals surface area (Å²) in [6, 6.07) is 8.71. The van der Waals surface area contributed by atoms with Crippen LogP contribution in [0.4, 0.5) is 0 Å². The molecule has 1 heterocycles. The summed E-state index contributed by atoms with van der Waals surface area (Å²) in [5, 5.41) is 4.26. The monoisotopic (exact) mass is 266 g/mol. The predicted molar refractivity (Wildman–Crippen MR) is 78.1 cm³/mol. The Morgan fingerprint density at radius 2 is 1.78 bits per heavy atom. The molecule has 0 radical (unpaired) electrons. The van der Waals surface area contributed by atoms with Gasteiger partial charge in [-0.2, -0.15) is 0 Å². The summed E-state index contributed by atoms with van der Waals surface area (Å²) in [6.45, 7) is 6.91. The van der Waals surface area contributed by atoms with Gasteiger partial charge in [-0.05, 0) is 51.4 Å². The summed E-state index contributed by atoms with van der Waals surface area (Å²) in [4.78, 5) is 2.56. The van der Waals surface area contributed by atoms with Crippen LogP contribution in [0.5, 0.6) is 0 Å². The predicted octanol–water partition coefficient (Wildman–Crippen LogP) is 3.47. The summed E-state index contributed by atoms with van der Waals surface area (Å²) >= 11 is 5.94. The number of piperidine rings is 1. The number of hydrogen-bond acceptors (Lipinski definition) is 2. The van der Waals surface area contributed by atoms with Crippen molar-refractivity contribution in [3.8, 4) is 0 Å². The molecule has 18 heavy (non-hydrogen) atoms. The van der Waals surface area contributed by atoms with Crippen LogP contribution in [-0.4, -0.2) is 30.6 Å². The Balaban J connectivity index is 1.99. The molecule has 0 amide bonds. The van der Waals surface area contributed by atoms with Gasteiger partial charge >= 0.3 is 0 Å². The molecule has 1 aromatic rings. The highest BCUT2D eigenvalue weighted by atomic mass is 35.5. The fourth-order valence-corrected chi connectivity index (χ4v) is 2.73. The zero-order valence-electron chi connectivity index (χ0n) is 11.5. The van der Waals surface area contributed by atoms with E-state index in [-0.39, 0.29) is 0 Å². The number of halogens is 1. The van der Waals surface area contributed by atoms with E-state index in [4.69, 9.17) is 11.6 Å². The molecule has 2 rings (SSSR count). The SMILES string of the molecule is CNC1(C)CCN(C(C)c2ccc(Cl)cc2)CC1. The van der Waals surface area contributed by atoms with Crippen molar-refractivity contribution in [1.29, 1.82) is 0 Å². The molecule has 1 aromatic carbocycles. The van der Waals surface area contributed by atoms with Gasteiger partial charge in [0.1, 0.15) is 0 Å². The van der Waals surface area contributed by atoms with Crippen molar-refractivity contribution in [1.82, 2.24) is 10.2 Å². The molecule has 100 valence electrons. The number of benzene rings is 1. The first-order valence-corrected chi connectivity index (χ1v) is 7.10. The average Bonchev–Trinajstić information content (AvgIpc) is 2.40. The number of hydrogen-bond donors (Lipinski definition) is 1. The zero-order valence-corrected chi connectivity index (χ0v) is 12.3. The van der Waals surface area contributed by atoms with Gasteiger partial charge in [0, 0.05) is 29.7 Å². The fourth-order valence-electron chi connectivity index (χ4n) is 2.61. The second-order valence-corrected chi connectivity index (χ2v) is 6.01. The maximum atomic E-state index is 5.94. The summed E-state index contributed by atoms with van der Waals surface area (Å²) in [5.41, 5.74) is 1.67. The van der Waals surface area contributed by atoms with Gasteiger partial charge < -0.3 is 5.32 Å². The van der Waals surface area contributed by atoms with E-state index >= 15 is 0 Å². The van der Waals surface area contributed by atoms with E-state index in [0.717, 1.165) is 18.1 Å². The van der Waals surface area contributed by atoms with Gasteiger partial charge in [0.05, 0.1) is 0 Å². The van der Waals surface area contributed by atoms with Crippen molar-refractivity contribution >= 4 is 11.6 Å². The maximum absolute atomic E-state index is 5.94. The van der Waals surface area contributed by atoms with Gasteiger partial charge in [0.15, 0.2) is 0 Å². The molecule has 3 heteroatoms. The molecule has 0 spiro atoms. The molecule has 1 saturated heterocycles. The minimum absolute atomic E-state index is 0.316. The molecule has 2 nitrogen and oxygen atoms in total. The van der Waals surface area contributed by atoms with Gasteiger partial charge in [0.2, 0.25) is 0 Å². The van der Waals surface area contributed by atoms with Crippen molar-refractivity contribution in [2.45, 2.75) is 38.3 Å². The topological polar surface area (TPSA) is 15.3 Å². The lowest BCUT2D eigenvalue weighted by Gasteiger charge is -2.42. The minimum Gasteiger partial charge on any atom is -0.314 e. The Morgan fingerprint density at radius 3 is 2.28 bits per heavy atom. The highest BCUT2D eigenvalue weighted by molar-refractivity contribution is 6.30. The third-order valence-corrected chi connectivity index (χ3v) is 4.66. The van der Waals surface area contributed by atoms with Crippen molar-refractivity contribution < 1.29 is 0 Å². The van der Waals surface area contributed by atoms with E-state index in [9.17, 15) is 0 Å². The Bertz CT molecular complexity index is 380. The van der Waals surface area contributed by atoms with Crippen LogP contribution >= 0.6 is 11.6 Å². The van der Waals surface area contributed by atoms with Crippen LogP contribution in [0.25, 0.3) is 0 Å². The van der Waals surface area contributed by atoms with E-state index < -0.39 is 0 Å². The van der Waals surface area contributed by atoms with Gasteiger partial charge in [-0.25, -0.2) is 0 Å². The zero-order chi connectivity index (χ0) is 13.2. The third-order valence-electron chi connectivity index (χ3n) is 4.41. The first-order chi connectivity index (χ1) is 8.54. The summed E-state index contributed by atoms with van der Waals surface area (Å²) < 4.78 is 0. The van der Waals surface area contributed by atoms with E-state index in [1.54, 1.807) is 0 Å². The quantitative estimate of drug-likeness (QED) is 0.901. The normalized spacial score (nSPS) is 21.8. The molecule has 1 fully saturated rings. The Hall–Kier alpha value is -0.570. The Kier molecular flexibility index (Phi) is 4.31. The molecule has 1 atom stereocenters. The van der Waals surface area contributed by atoms with E-state index in [0.29, 0.717) is 11.6 Å². The fraction of sp³-hybridized carbons (Fsp3) is 0.600. The number of rotatable bonds is 3. The minimum atomic E-state index is 0.316. The second kappa shape index (κ2) is 5.60. The first-order valence-electron chi connectivity index (χ1n) is 6.72. The summed E-state index contributed by atoms with van der Waals surface area (Å²) in [5.74, 6) is 0. The molecule has 0 saturated carbocycles. The third kappa shape index (κ3) is 3.05. The molecule has 0 aromatic heterocycles. The van der Waals surface area contributed by atoms with Gasteiger partial charge in [-0.1, -0.05) is 23.7 Å². The van der Waals surface area contributed by atoms with Crippen molar-refractivity contribution in [3.63, 3.8) is 0 Å². The Morgan fingerprint density at radius 1 is 1.22 bits per heavy atom. The average molecular weight is 267 g/mol. The highest BCUT2D eigenvalue weighted by Gasteiger charge is 2.30. The lowest BCUT2D eigenvalue weighted by Crippen LogP contribution is -2.50. The van der Waals surface area contributed by atoms with Crippen molar-refractivity contribution in [3.05, 3.63) is 34.9 Å². The summed E-state index contributed by atoms with van der Waals surface area (Å²) in [7, 11) is 2.07. The number of likely N-dealkylation sites (tertiary alicyclic amines) is 1. The second-order valence-electron chi connectivity index (χ2n) is 5.57. The molecule has 1 aliphatic heterocycles. The van der Waals surface area contributed by atoms with Gasteiger partial charge in [-0.3, -0.25) is 4.90 Å².